The summed E-state index contributed by atoms with van der Waals surface area (Å²) in [5.41, 5.74) is 1.69. The first-order valence-corrected chi connectivity index (χ1v) is 7.44. The molecule has 2 rings (SSSR count). The van der Waals surface area contributed by atoms with Crippen LogP contribution < -0.4 is 5.32 Å². The largest absolute Gasteiger partial charge is 0.395 e. The van der Waals surface area contributed by atoms with Crippen molar-refractivity contribution < 1.29 is 19.5 Å². The van der Waals surface area contributed by atoms with E-state index >= 15 is 0 Å². The highest BCUT2D eigenvalue weighted by molar-refractivity contribution is 5.34. The molecule has 0 aliphatic heterocycles. The minimum atomic E-state index is -1.08. The number of aryl methyl sites for hydroxylation is 1. The standard InChI is InChI=1S/C17H19FN2O4/c1-11-2-7-15(18)13(8-11)9-19-16(10-21)17(22)12-3-5-14(6-4-12)20(23)24/h2-8,16-17,19,21-22H,9-10H2,1H3/t16-,17+/m1/s1. The third kappa shape index (κ3) is 4.35. The summed E-state index contributed by atoms with van der Waals surface area (Å²) < 4.78 is 13.7. The number of nitrogens with zero attached hydrogens (tertiary/aromatic N) is 1. The molecule has 3 N–H and O–H groups in total. The fourth-order valence-corrected chi connectivity index (χ4v) is 2.38. The maximum atomic E-state index is 13.7. The molecule has 0 aliphatic carbocycles. The molecule has 24 heavy (non-hydrogen) atoms. The molecule has 0 amide bonds. The van der Waals surface area contributed by atoms with Gasteiger partial charge in [-0.1, -0.05) is 17.7 Å². The van der Waals surface area contributed by atoms with Crippen molar-refractivity contribution in [2.24, 2.45) is 0 Å². The first-order chi connectivity index (χ1) is 11.4. The second-order valence-electron chi connectivity index (χ2n) is 5.56. The number of hydrogen-bond donors (Lipinski definition) is 3. The first kappa shape index (κ1) is 18.0. The number of aliphatic hydroxyl groups excluding tert-OH is 2. The van der Waals surface area contributed by atoms with Gasteiger partial charge in [-0.05, 0) is 30.7 Å². The number of rotatable bonds is 7. The van der Waals surface area contributed by atoms with E-state index in [-0.39, 0.29) is 24.7 Å². The Labute approximate surface area is 138 Å². The van der Waals surface area contributed by atoms with Crippen LogP contribution in [-0.2, 0) is 6.54 Å². The van der Waals surface area contributed by atoms with E-state index in [0.29, 0.717) is 11.1 Å². The molecule has 7 heteroatoms. The predicted molar refractivity (Wildman–Crippen MR) is 86.9 cm³/mol. The van der Waals surface area contributed by atoms with Crippen LogP contribution in [0.5, 0.6) is 0 Å². The summed E-state index contributed by atoms with van der Waals surface area (Å²) in [6.07, 6.45) is -1.08. The predicted octanol–water partition coefficient (Wildman–Crippen LogP) is 2.23. The molecule has 0 saturated carbocycles. The smallest absolute Gasteiger partial charge is 0.269 e. The second kappa shape index (κ2) is 7.96. The van der Waals surface area contributed by atoms with Crippen LogP contribution in [0.25, 0.3) is 0 Å². The van der Waals surface area contributed by atoms with Gasteiger partial charge < -0.3 is 15.5 Å². The van der Waals surface area contributed by atoms with E-state index in [1.807, 2.05) is 6.92 Å². The molecule has 0 bridgehead atoms. The van der Waals surface area contributed by atoms with E-state index < -0.39 is 17.1 Å². The lowest BCUT2D eigenvalue weighted by atomic mass is 10.0. The molecule has 2 aromatic carbocycles. The number of nitro benzene ring substituents is 1. The number of aliphatic hydroxyl groups is 2. The average Bonchev–Trinajstić information content (AvgIpc) is 2.58. The lowest BCUT2D eigenvalue weighted by Gasteiger charge is -2.23. The van der Waals surface area contributed by atoms with E-state index in [4.69, 9.17) is 0 Å². The van der Waals surface area contributed by atoms with Crippen LogP contribution >= 0.6 is 0 Å². The van der Waals surface area contributed by atoms with Gasteiger partial charge in [-0.25, -0.2) is 4.39 Å². The number of hydrogen-bond acceptors (Lipinski definition) is 5. The van der Waals surface area contributed by atoms with Gasteiger partial charge in [0.1, 0.15) is 5.82 Å². The Balaban J connectivity index is 2.07. The highest BCUT2D eigenvalue weighted by Gasteiger charge is 2.21. The van der Waals surface area contributed by atoms with Crippen molar-refractivity contribution in [1.29, 1.82) is 0 Å². The second-order valence-corrected chi connectivity index (χ2v) is 5.56. The summed E-state index contributed by atoms with van der Waals surface area (Å²) in [5, 5.41) is 33.4. The van der Waals surface area contributed by atoms with Gasteiger partial charge in [0.05, 0.1) is 23.7 Å². The highest BCUT2D eigenvalue weighted by Crippen LogP contribution is 2.21. The first-order valence-electron chi connectivity index (χ1n) is 7.44. The SMILES string of the molecule is Cc1ccc(F)c(CN[C@H](CO)[C@@H](O)c2ccc([N+](=O)[O-])cc2)c1. The molecule has 2 atom stereocenters. The minimum absolute atomic E-state index is 0.0821. The monoisotopic (exact) mass is 334 g/mol. The fraction of sp³-hybridized carbons (Fsp3) is 0.294. The van der Waals surface area contributed by atoms with Crippen molar-refractivity contribution >= 4 is 5.69 Å². The van der Waals surface area contributed by atoms with Crippen LogP contribution in [0.3, 0.4) is 0 Å². The van der Waals surface area contributed by atoms with Gasteiger partial charge in [-0.2, -0.15) is 0 Å². The van der Waals surface area contributed by atoms with E-state index in [1.54, 1.807) is 12.1 Å². The molecule has 0 radical (unpaired) electrons. The Kier molecular flexibility index (Phi) is 5.97. The summed E-state index contributed by atoms with van der Waals surface area (Å²) in [5.74, 6) is -0.366. The van der Waals surface area contributed by atoms with E-state index in [1.165, 1.54) is 30.3 Å². The van der Waals surface area contributed by atoms with Crippen molar-refractivity contribution in [2.45, 2.75) is 25.6 Å². The third-order valence-corrected chi connectivity index (χ3v) is 3.78. The quantitative estimate of drug-likeness (QED) is 0.533. The van der Waals surface area contributed by atoms with Gasteiger partial charge >= 0.3 is 0 Å². The molecule has 2 aromatic rings. The Morgan fingerprint density at radius 2 is 1.92 bits per heavy atom. The zero-order chi connectivity index (χ0) is 17.7. The Hall–Kier alpha value is -2.35. The molecule has 0 aromatic heterocycles. The Morgan fingerprint density at radius 3 is 2.50 bits per heavy atom. The zero-order valence-corrected chi connectivity index (χ0v) is 13.1. The summed E-state index contributed by atoms with van der Waals surface area (Å²) in [7, 11) is 0. The van der Waals surface area contributed by atoms with Crippen molar-refractivity contribution in [3.05, 3.63) is 75.1 Å². The van der Waals surface area contributed by atoms with Gasteiger partial charge in [-0.3, -0.25) is 10.1 Å². The van der Waals surface area contributed by atoms with Gasteiger partial charge in [0.25, 0.3) is 5.69 Å². The van der Waals surface area contributed by atoms with E-state index in [0.717, 1.165) is 5.56 Å². The van der Waals surface area contributed by atoms with Gasteiger partial charge in [0, 0.05) is 24.2 Å². The maximum Gasteiger partial charge on any atom is 0.269 e. The number of nitrogens with one attached hydrogen (secondary N) is 1. The number of benzene rings is 2. The van der Waals surface area contributed by atoms with Crippen LogP contribution in [0.2, 0.25) is 0 Å². The van der Waals surface area contributed by atoms with Crippen LogP contribution in [0.15, 0.2) is 42.5 Å². The van der Waals surface area contributed by atoms with E-state index in [9.17, 15) is 24.7 Å². The average molecular weight is 334 g/mol. The molecule has 0 aliphatic rings. The molecule has 0 heterocycles. The minimum Gasteiger partial charge on any atom is -0.395 e. The molecule has 0 saturated heterocycles. The molecule has 6 nitrogen and oxygen atoms in total. The van der Waals surface area contributed by atoms with Crippen LogP contribution in [0.1, 0.15) is 22.8 Å². The van der Waals surface area contributed by atoms with Crippen molar-refractivity contribution in [3.8, 4) is 0 Å². The lowest BCUT2D eigenvalue weighted by Crippen LogP contribution is -2.37. The van der Waals surface area contributed by atoms with Gasteiger partial charge in [-0.15, -0.1) is 0 Å². The molecule has 0 unspecified atom stereocenters. The maximum absolute atomic E-state index is 13.7. The molecule has 128 valence electrons. The number of nitro groups is 1. The zero-order valence-electron chi connectivity index (χ0n) is 13.1. The Morgan fingerprint density at radius 1 is 1.25 bits per heavy atom. The Bertz CT molecular complexity index is 706. The normalized spacial score (nSPS) is 13.5. The van der Waals surface area contributed by atoms with E-state index in [2.05, 4.69) is 5.32 Å². The fourth-order valence-electron chi connectivity index (χ4n) is 2.38. The summed E-state index contributed by atoms with van der Waals surface area (Å²) in [6, 6.07) is 9.42. The molecular weight excluding hydrogens is 315 g/mol. The highest BCUT2D eigenvalue weighted by atomic mass is 19.1. The third-order valence-electron chi connectivity index (χ3n) is 3.78. The van der Waals surface area contributed by atoms with Crippen LogP contribution in [0, 0.1) is 22.9 Å². The van der Waals surface area contributed by atoms with Crippen LogP contribution in [-0.4, -0.2) is 27.8 Å². The molecular formula is C17H19FN2O4. The van der Waals surface area contributed by atoms with Crippen LogP contribution in [0.4, 0.5) is 10.1 Å². The van der Waals surface area contributed by atoms with Crippen molar-refractivity contribution in [1.82, 2.24) is 5.32 Å². The summed E-state index contributed by atoms with van der Waals surface area (Å²) in [4.78, 5) is 10.1. The van der Waals surface area contributed by atoms with Crippen molar-refractivity contribution in [3.63, 3.8) is 0 Å². The number of halogens is 1. The summed E-state index contributed by atoms with van der Waals surface area (Å²) in [6.45, 7) is 1.62. The topological polar surface area (TPSA) is 95.6 Å². The number of non-ortho nitro benzene ring substituents is 1. The lowest BCUT2D eigenvalue weighted by molar-refractivity contribution is -0.384. The summed E-state index contributed by atoms with van der Waals surface area (Å²) >= 11 is 0. The molecule has 0 fully saturated rings. The molecule has 0 spiro atoms. The van der Waals surface area contributed by atoms with Gasteiger partial charge in [0.15, 0.2) is 0 Å². The van der Waals surface area contributed by atoms with Crippen molar-refractivity contribution in [2.75, 3.05) is 6.61 Å². The van der Waals surface area contributed by atoms with Gasteiger partial charge in [0.2, 0.25) is 0 Å².